The van der Waals surface area contributed by atoms with Gasteiger partial charge in [0, 0.05) is 13.1 Å². The van der Waals surface area contributed by atoms with Gasteiger partial charge < -0.3 is 35.6 Å². The average Bonchev–Trinajstić information content (AvgIpc) is 3.70. The number of nitrogens with zero attached hydrogens (tertiary/aromatic N) is 7. The number of piperidine rings is 1. The normalized spacial score (nSPS) is 19.7. The summed E-state index contributed by atoms with van der Waals surface area (Å²) in [4.78, 5) is 35.6. The number of alkyl carbamates (subject to hydrolysis) is 1. The third-order valence-electron chi connectivity index (χ3n) is 7.25. The Morgan fingerprint density at radius 1 is 1.26 bits per heavy atom. The fraction of sp³-hybridized carbons (Fsp3) is 0.444. The lowest BCUT2D eigenvalue weighted by Crippen LogP contribution is -2.56. The third-order valence-corrected chi connectivity index (χ3v) is 7.65. The molecule has 0 bridgehead atoms. The molecule has 3 atom stereocenters. The van der Waals surface area contributed by atoms with Crippen LogP contribution in [0.1, 0.15) is 37.4 Å². The van der Waals surface area contributed by atoms with Crippen molar-refractivity contribution in [2.75, 3.05) is 48.8 Å². The van der Waals surface area contributed by atoms with Crippen LogP contribution in [0.4, 0.5) is 27.9 Å². The molecule has 1 amide bonds. The van der Waals surface area contributed by atoms with Gasteiger partial charge >= 0.3 is 12.1 Å². The van der Waals surface area contributed by atoms with Crippen molar-refractivity contribution in [3.63, 3.8) is 0 Å². The number of amides is 1. The number of fused-ring (bicyclic) bond motifs is 1. The number of nitriles is 2. The van der Waals surface area contributed by atoms with Crippen LogP contribution in [-0.2, 0) is 14.3 Å². The first-order valence-corrected chi connectivity index (χ1v) is 14.2. The number of carbonyl (C=O) groups excluding carboxylic acids is 2. The number of nitrogens with one attached hydrogen (secondary N) is 4. The zero-order valence-electron chi connectivity index (χ0n) is 23.6. The summed E-state index contributed by atoms with van der Waals surface area (Å²) in [5.41, 5.74) is 1.80. The van der Waals surface area contributed by atoms with E-state index < -0.39 is 24.3 Å². The van der Waals surface area contributed by atoms with E-state index in [2.05, 4.69) is 48.5 Å². The molecule has 4 heterocycles. The van der Waals surface area contributed by atoms with Gasteiger partial charge in [0.25, 0.3) is 0 Å². The molecule has 1 aromatic carbocycles. The highest BCUT2D eigenvalue weighted by Gasteiger charge is 2.36. The largest absolute Gasteiger partial charge is 0.457 e. The monoisotopic (exact) mass is 607 g/mol. The fourth-order valence-corrected chi connectivity index (χ4v) is 5.43. The van der Waals surface area contributed by atoms with Crippen molar-refractivity contribution in [3.8, 4) is 12.1 Å². The number of hydrogen-bond donors (Lipinski definition) is 4. The second kappa shape index (κ2) is 13.0. The minimum absolute atomic E-state index is 0.123. The molecule has 16 heteroatoms. The second-order valence-electron chi connectivity index (χ2n) is 10.0. The van der Waals surface area contributed by atoms with Crippen molar-refractivity contribution in [2.24, 2.45) is 0 Å². The van der Waals surface area contributed by atoms with E-state index in [-0.39, 0.29) is 29.2 Å². The number of imidazole rings is 1. The SMILES string of the molecule is CCNc1nc(Nc2cc(C#N)cc(N3CC[C@@H](NC(=O)OC)[C@H](OC(=O)C4CCCN4)C3)c2Cl)nn2c(C#N)cnc12. The van der Waals surface area contributed by atoms with Gasteiger partial charge in [-0.15, -0.1) is 5.10 Å². The molecular weight excluding hydrogens is 578 g/mol. The highest BCUT2D eigenvalue weighted by atomic mass is 35.5. The minimum Gasteiger partial charge on any atom is -0.457 e. The van der Waals surface area contributed by atoms with E-state index in [1.165, 1.54) is 17.8 Å². The predicted octanol–water partition coefficient (Wildman–Crippen LogP) is 2.29. The van der Waals surface area contributed by atoms with Crippen LogP contribution in [-0.4, -0.2) is 83.1 Å². The molecule has 2 aliphatic heterocycles. The smallest absolute Gasteiger partial charge is 0.407 e. The lowest BCUT2D eigenvalue weighted by Gasteiger charge is -2.40. The number of aromatic nitrogens is 4. The van der Waals surface area contributed by atoms with Crippen LogP contribution < -0.4 is 26.2 Å². The summed E-state index contributed by atoms with van der Waals surface area (Å²) in [5, 5.41) is 36.1. The van der Waals surface area contributed by atoms with Crippen molar-refractivity contribution >= 4 is 52.5 Å². The molecule has 5 rings (SSSR count). The number of halogens is 1. The summed E-state index contributed by atoms with van der Waals surface area (Å²) < 4.78 is 12.0. The Bertz CT molecular complexity index is 1610. The van der Waals surface area contributed by atoms with E-state index in [9.17, 15) is 20.1 Å². The van der Waals surface area contributed by atoms with Gasteiger partial charge in [-0.25, -0.2) is 9.78 Å². The summed E-state index contributed by atoms with van der Waals surface area (Å²) in [7, 11) is 1.27. The predicted molar refractivity (Wildman–Crippen MR) is 156 cm³/mol. The van der Waals surface area contributed by atoms with Gasteiger partial charge in [-0.3, -0.25) is 4.79 Å². The number of esters is 1. The topological polar surface area (TPSA) is 195 Å². The number of rotatable bonds is 8. The van der Waals surface area contributed by atoms with Crippen LogP contribution >= 0.6 is 11.6 Å². The van der Waals surface area contributed by atoms with Gasteiger partial charge in [0.15, 0.2) is 17.2 Å². The highest BCUT2D eigenvalue weighted by Crippen LogP contribution is 2.37. The van der Waals surface area contributed by atoms with Gasteiger partial charge in [-0.2, -0.15) is 20.0 Å². The van der Waals surface area contributed by atoms with Crippen LogP contribution in [0.25, 0.3) is 5.65 Å². The third kappa shape index (κ3) is 6.33. The molecule has 0 aliphatic carbocycles. The van der Waals surface area contributed by atoms with Crippen molar-refractivity contribution in [3.05, 3.63) is 34.6 Å². The van der Waals surface area contributed by atoms with Crippen molar-refractivity contribution < 1.29 is 19.1 Å². The number of hydrogen-bond acceptors (Lipinski definition) is 13. The maximum atomic E-state index is 12.9. The quantitative estimate of drug-likeness (QED) is 0.273. The number of methoxy groups -OCH3 is 1. The molecule has 1 unspecified atom stereocenters. The highest BCUT2D eigenvalue weighted by molar-refractivity contribution is 6.36. The summed E-state index contributed by atoms with van der Waals surface area (Å²) in [5.74, 6) is 0.147. The number of anilines is 4. The first-order chi connectivity index (χ1) is 20.8. The molecule has 2 saturated heterocycles. The average molecular weight is 608 g/mol. The first-order valence-electron chi connectivity index (χ1n) is 13.8. The standard InChI is InChI=1S/C27H30ClN11O4/c1-3-31-23-24-33-13-16(12-30)39(24)37-26(36-23)34-19-9-15(11-29)10-20(22(19)28)38-8-6-17(35-27(41)42-2)21(14-38)43-25(40)18-5-4-7-32-18/h9-10,13,17-18,21,32H,3-8,14H2,1-2H3,(H,35,41)(H2,31,34,36,37)/t17-,18?,21-/m1/s1. The summed E-state index contributed by atoms with van der Waals surface area (Å²) in [6.45, 7) is 3.83. The molecule has 224 valence electrons. The molecule has 4 N–H and O–H groups in total. The maximum Gasteiger partial charge on any atom is 0.407 e. The molecule has 0 spiro atoms. The molecule has 0 saturated carbocycles. The van der Waals surface area contributed by atoms with Gasteiger partial charge in [-0.05, 0) is 44.9 Å². The van der Waals surface area contributed by atoms with Crippen molar-refractivity contribution in [2.45, 2.75) is 44.4 Å². The van der Waals surface area contributed by atoms with Crippen molar-refractivity contribution in [1.82, 2.24) is 30.2 Å². The summed E-state index contributed by atoms with van der Waals surface area (Å²) >= 11 is 6.91. The van der Waals surface area contributed by atoms with E-state index in [1.807, 2.05) is 11.8 Å². The van der Waals surface area contributed by atoms with Crippen molar-refractivity contribution in [1.29, 1.82) is 10.5 Å². The Hall–Kier alpha value is -4.86. The number of ether oxygens (including phenoxy) is 2. The number of benzene rings is 1. The molecule has 43 heavy (non-hydrogen) atoms. The van der Waals surface area contributed by atoms with Gasteiger partial charge in [0.1, 0.15) is 18.2 Å². The molecule has 2 aromatic heterocycles. The van der Waals surface area contributed by atoms with E-state index in [0.29, 0.717) is 54.3 Å². The Kier molecular flexibility index (Phi) is 8.94. The Morgan fingerprint density at radius 2 is 2.09 bits per heavy atom. The van der Waals surface area contributed by atoms with E-state index >= 15 is 0 Å². The molecule has 0 radical (unpaired) electrons. The molecular formula is C27H30ClN11O4. The van der Waals surface area contributed by atoms with Crippen LogP contribution in [0.3, 0.4) is 0 Å². The molecule has 2 aliphatic rings. The zero-order chi connectivity index (χ0) is 30.5. The molecule has 15 nitrogen and oxygen atoms in total. The lowest BCUT2D eigenvalue weighted by molar-refractivity contribution is -0.152. The fourth-order valence-electron chi connectivity index (χ4n) is 5.16. The number of carbonyl (C=O) groups is 2. The first kappa shape index (κ1) is 29.6. The van der Waals surface area contributed by atoms with Gasteiger partial charge in [-0.1, -0.05) is 11.6 Å². The van der Waals surface area contributed by atoms with E-state index in [1.54, 1.807) is 12.1 Å². The summed E-state index contributed by atoms with van der Waals surface area (Å²) in [6.07, 6.45) is 2.04. The zero-order valence-corrected chi connectivity index (χ0v) is 24.3. The van der Waals surface area contributed by atoms with Gasteiger partial charge in [0.05, 0.1) is 53.9 Å². The Balaban J connectivity index is 1.45. The lowest BCUT2D eigenvalue weighted by atomic mass is 10.00. The van der Waals surface area contributed by atoms with Gasteiger partial charge in [0.2, 0.25) is 5.95 Å². The van der Waals surface area contributed by atoms with E-state index in [4.69, 9.17) is 21.1 Å². The Labute approximate surface area is 252 Å². The second-order valence-corrected chi connectivity index (χ2v) is 10.4. The molecule has 2 fully saturated rings. The summed E-state index contributed by atoms with van der Waals surface area (Å²) in [6, 6.07) is 6.53. The van der Waals surface area contributed by atoms with Crippen LogP contribution in [0.2, 0.25) is 5.02 Å². The Morgan fingerprint density at radius 3 is 2.79 bits per heavy atom. The minimum atomic E-state index is -0.708. The maximum absolute atomic E-state index is 12.9. The van der Waals surface area contributed by atoms with E-state index in [0.717, 1.165) is 13.0 Å². The molecule has 3 aromatic rings. The van der Waals surface area contributed by atoms with Crippen LogP contribution in [0, 0.1) is 22.7 Å². The van der Waals surface area contributed by atoms with Crippen LogP contribution in [0.15, 0.2) is 18.3 Å². The van der Waals surface area contributed by atoms with Crippen LogP contribution in [0.5, 0.6) is 0 Å².